The molecule has 0 fully saturated rings. The van der Waals surface area contributed by atoms with Gasteiger partial charge in [-0.15, -0.1) is 0 Å². The van der Waals surface area contributed by atoms with Crippen molar-refractivity contribution in [3.05, 3.63) is 71.3 Å². The van der Waals surface area contributed by atoms with E-state index in [0.717, 1.165) is 16.8 Å². The molecule has 3 heteroatoms. The van der Waals surface area contributed by atoms with Gasteiger partial charge < -0.3 is 0 Å². The second-order valence-electron chi connectivity index (χ2n) is 4.37. The number of aryl methyl sites for hydroxylation is 1. The lowest BCUT2D eigenvalue weighted by Gasteiger charge is -2.03. The van der Waals surface area contributed by atoms with Crippen molar-refractivity contribution >= 4 is 11.6 Å². The summed E-state index contributed by atoms with van der Waals surface area (Å²) < 4.78 is 0. The lowest BCUT2D eigenvalue weighted by Crippen LogP contribution is -2.19. The largest absolute Gasteiger partial charge is 0.271 e. The molecule has 0 bridgehead atoms. The molecule has 2 aromatic carbocycles. The molecule has 0 aliphatic carbocycles. The highest BCUT2D eigenvalue weighted by molar-refractivity contribution is 6.00. The second kappa shape index (κ2) is 5.96. The first kappa shape index (κ1) is 13.0. The normalized spacial score (nSPS) is 11.2. The molecule has 1 N–H and O–H groups in total. The van der Waals surface area contributed by atoms with Gasteiger partial charge in [-0.05, 0) is 31.5 Å². The number of hydrogen-bond donors (Lipinski definition) is 1. The molecule has 0 aliphatic heterocycles. The van der Waals surface area contributed by atoms with Gasteiger partial charge in [-0.1, -0.05) is 48.0 Å². The van der Waals surface area contributed by atoms with Crippen LogP contribution < -0.4 is 5.43 Å². The monoisotopic (exact) mass is 252 g/mol. The van der Waals surface area contributed by atoms with E-state index in [9.17, 15) is 4.79 Å². The van der Waals surface area contributed by atoms with Gasteiger partial charge >= 0.3 is 0 Å². The maximum atomic E-state index is 11.9. The zero-order valence-electron chi connectivity index (χ0n) is 11.1. The van der Waals surface area contributed by atoms with Crippen LogP contribution in [-0.2, 0) is 0 Å². The van der Waals surface area contributed by atoms with Crippen LogP contribution in [0.2, 0.25) is 0 Å². The number of hydrogen-bond acceptors (Lipinski definition) is 2. The zero-order chi connectivity index (χ0) is 13.7. The van der Waals surface area contributed by atoms with E-state index in [1.807, 2.05) is 56.3 Å². The maximum Gasteiger partial charge on any atom is 0.271 e. The highest BCUT2D eigenvalue weighted by Crippen LogP contribution is 2.03. The topological polar surface area (TPSA) is 41.5 Å². The Bertz CT molecular complexity index is 586. The molecule has 0 aliphatic rings. The van der Waals surface area contributed by atoms with Crippen LogP contribution in [0.15, 0.2) is 59.7 Å². The Hall–Kier alpha value is -2.42. The first-order valence-electron chi connectivity index (χ1n) is 6.13. The Labute approximate surface area is 113 Å². The predicted molar refractivity (Wildman–Crippen MR) is 77.3 cm³/mol. The standard InChI is InChI=1S/C16H16N2O/c1-12-8-10-15(11-9-12)16(19)18-17-13(2)14-6-4-3-5-7-14/h3-11H,1-2H3,(H,18,19)/b17-13+. The fourth-order valence-electron chi connectivity index (χ4n) is 1.65. The molecule has 19 heavy (non-hydrogen) atoms. The molecule has 0 atom stereocenters. The lowest BCUT2D eigenvalue weighted by atomic mass is 10.1. The van der Waals surface area contributed by atoms with Crippen molar-refractivity contribution in [2.75, 3.05) is 0 Å². The molecule has 0 saturated carbocycles. The highest BCUT2D eigenvalue weighted by atomic mass is 16.2. The van der Waals surface area contributed by atoms with Crippen LogP contribution in [-0.4, -0.2) is 11.6 Å². The SMILES string of the molecule is C/C(=N\NC(=O)c1ccc(C)cc1)c1ccccc1. The summed E-state index contributed by atoms with van der Waals surface area (Å²) in [6.07, 6.45) is 0. The van der Waals surface area contributed by atoms with Crippen molar-refractivity contribution in [2.45, 2.75) is 13.8 Å². The van der Waals surface area contributed by atoms with Crippen molar-refractivity contribution in [1.29, 1.82) is 0 Å². The number of carbonyl (C=O) groups excluding carboxylic acids is 1. The van der Waals surface area contributed by atoms with Gasteiger partial charge in [-0.25, -0.2) is 5.43 Å². The average Bonchev–Trinajstić information content (AvgIpc) is 2.46. The molecule has 1 amide bonds. The first-order chi connectivity index (χ1) is 9.16. The summed E-state index contributed by atoms with van der Waals surface area (Å²) in [7, 11) is 0. The summed E-state index contributed by atoms with van der Waals surface area (Å²) in [6, 6.07) is 17.1. The number of benzene rings is 2. The van der Waals surface area contributed by atoms with Crippen LogP contribution in [0, 0.1) is 6.92 Å². The second-order valence-corrected chi connectivity index (χ2v) is 4.37. The fraction of sp³-hybridized carbons (Fsp3) is 0.125. The lowest BCUT2D eigenvalue weighted by molar-refractivity contribution is 0.0955. The number of nitrogens with one attached hydrogen (secondary N) is 1. The van der Waals surface area contributed by atoms with Crippen LogP contribution in [0.1, 0.15) is 28.4 Å². The Morgan fingerprint density at radius 1 is 0.947 bits per heavy atom. The molecule has 3 nitrogen and oxygen atoms in total. The molecular weight excluding hydrogens is 236 g/mol. The minimum Gasteiger partial charge on any atom is -0.267 e. The van der Waals surface area contributed by atoms with Crippen molar-refractivity contribution < 1.29 is 4.79 Å². The van der Waals surface area contributed by atoms with Gasteiger partial charge in [0.25, 0.3) is 5.91 Å². The van der Waals surface area contributed by atoms with Crippen molar-refractivity contribution in [3.63, 3.8) is 0 Å². The Morgan fingerprint density at radius 3 is 2.21 bits per heavy atom. The van der Waals surface area contributed by atoms with Crippen LogP contribution in [0.4, 0.5) is 0 Å². The molecule has 2 aromatic rings. The Kier molecular flexibility index (Phi) is 4.08. The summed E-state index contributed by atoms with van der Waals surface area (Å²) >= 11 is 0. The van der Waals surface area contributed by atoms with E-state index in [1.54, 1.807) is 12.1 Å². The summed E-state index contributed by atoms with van der Waals surface area (Å²) in [5.74, 6) is -0.199. The van der Waals surface area contributed by atoms with Crippen molar-refractivity contribution in [2.24, 2.45) is 5.10 Å². The molecule has 0 saturated heterocycles. The van der Waals surface area contributed by atoms with E-state index >= 15 is 0 Å². The van der Waals surface area contributed by atoms with Gasteiger partial charge in [-0.3, -0.25) is 4.79 Å². The maximum absolute atomic E-state index is 11.9. The van der Waals surface area contributed by atoms with E-state index in [0.29, 0.717) is 5.56 Å². The van der Waals surface area contributed by atoms with E-state index in [2.05, 4.69) is 10.5 Å². The predicted octanol–water partition coefficient (Wildman–Crippen LogP) is 3.15. The average molecular weight is 252 g/mol. The summed E-state index contributed by atoms with van der Waals surface area (Å²) in [5.41, 5.74) is 6.07. The number of rotatable bonds is 3. The third-order valence-corrected chi connectivity index (χ3v) is 2.83. The first-order valence-corrected chi connectivity index (χ1v) is 6.13. The molecule has 0 spiro atoms. The fourth-order valence-corrected chi connectivity index (χ4v) is 1.65. The van der Waals surface area contributed by atoms with E-state index < -0.39 is 0 Å². The quantitative estimate of drug-likeness (QED) is 0.661. The van der Waals surface area contributed by atoms with E-state index in [4.69, 9.17) is 0 Å². The van der Waals surface area contributed by atoms with Gasteiger partial charge in [0.1, 0.15) is 0 Å². The Balaban J connectivity index is 2.06. The summed E-state index contributed by atoms with van der Waals surface area (Å²) in [6.45, 7) is 3.85. The van der Waals surface area contributed by atoms with E-state index in [1.165, 1.54) is 0 Å². The van der Waals surface area contributed by atoms with Crippen LogP contribution in [0.5, 0.6) is 0 Å². The molecule has 0 heterocycles. The number of carbonyl (C=O) groups is 1. The summed E-state index contributed by atoms with van der Waals surface area (Å²) in [4.78, 5) is 11.9. The minimum atomic E-state index is -0.199. The number of amides is 1. The highest BCUT2D eigenvalue weighted by Gasteiger charge is 2.04. The molecule has 96 valence electrons. The minimum absolute atomic E-state index is 0.199. The smallest absolute Gasteiger partial charge is 0.267 e. The third kappa shape index (κ3) is 3.52. The zero-order valence-corrected chi connectivity index (χ0v) is 11.1. The molecular formula is C16H16N2O. The number of nitrogens with zero attached hydrogens (tertiary/aromatic N) is 1. The van der Waals surface area contributed by atoms with Crippen molar-refractivity contribution in [1.82, 2.24) is 5.43 Å². The van der Waals surface area contributed by atoms with Gasteiger partial charge in [0.05, 0.1) is 5.71 Å². The van der Waals surface area contributed by atoms with Crippen LogP contribution in [0.25, 0.3) is 0 Å². The third-order valence-electron chi connectivity index (χ3n) is 2.83. The molecule has 0 radical (unpaired) electrons. The van der Waals surface area contributed by atoms with Crippen LogP contribution in [0.3, 0.4) is 0 Å². The Morgan fingerprint density at radius 2 is 1.58 bits per heavy atom. The summed E-state index contributed by atoms with van der Waals surface area (Å²) in [5, 5.41) is 4.11. The molecule has 2 rings (SSSR count). The van der Waals surface area contributed by atoms with Gasteiger partial charge in [0, 0.05) is 5.56 Å². The molecule has 0 aromatic heterocycles. The van der Waals surface area contributed by atoms with Gasteiger partial charge in [0.15, 0.2) is 0 Å². The van der Waals surface area contributed by atoms with Crippen LogP contribution >= 0.6 is 0 Å². The van der Waals surface area contributed by atoms with Gasteiger partial charge in [0.2, 0.25) is 0 Å². The van der Waals surface area contributed by atoms with Crippen molar-refractivity contribution in [3.8, 4) is 0 Å². The number of hydrazone groups is 1. The van der Waals surface area contributed by atoms with E-state index in [-0.39, 0.29) is 5.91 Å². The van der Waals surface area contributed by atoms with Gasteiger partial charge in [-0.2, -0.15) is 5.10 Å². The molecule has 0 unspecified atom stereocenters.